The van der Waals surface area contributed by atoms with Gasteiger partial charge in [0.2, 0.25) is 6.79 Å². The Morgan fingerprint density at radius 1 is 1.62 bits per heavy atom. The lowest BCUT2D eigenvalue weighted by atomic mass is 10.2. The highest BCUT2D eigenvalue weighted by molar-refractivity contribution is 5.92. The van der Waals surface area contributed by atoms with E-state index in [1.165, 1.54) is 6.07 Å². The molecule has 2 rings (SSSR count). The van der Waals surface area contributed by atoms with E-state index in [9.17, 15) is 4.79 Å². The number of carboxylic acid groups (broad SMARTS) is 1. The molecule has 1 aromatic rings. The second-order valence-corrected chi connectivity index (χ2v) is 2.66. The third kappa shape index (κ3) is 1.18. The molecule has 0 aromatic carbocycles. The van der Waals surface area contributed by atoms with Gasteiger partial charge in [0.05, 0.1) is 0 Å². The summed E-state index contributed by atoms with van der Waals surface area (Å²) in [6.07, 6.45) is 0. The summed E-state index contributed by atoms with van der Waals surface area (Å²) in [5.41, 5.74) is 0.696. The number of aromatic carboxylic acids is 1. The number of rotatable bonds is 1. The Morgan fingerprint density at radius 3 is 3.08 bits per heavy atom. The highest BCUT2D eigenvalue weighted by atomic mass is 16.7. The number of hydrogen-bond donors (Lipinski definition) is 1. The van der Waals surface area contributed by atoms with E-state index in [4.69, 9.17) is 14.6 Å². The molecule has 0 saturated heterocycles. The first-order chi connectivity index (χ1) is 6.18. The van der Waals surface area contributed by atoms with E-state index in [0.29, 0.717) is 5.69 Å². The lowest BCUT2D eigenvalue weighted by molar-refractivity contribution is 0.0692. The molecule has 0 aliphatic carbocycles. The van der Waals surface area contributed by atoms with Crippen molar-refractivity contribution >= 4 is 5.97 Å². The number of aromatic nitrogens is 1. The SMILES string of the molecule is Cc1cc(C(=O)O)c2c(n1)OCO2. The number of ether oxygens (including phenoxy) is 2. The van der Waals surface area contributed by atoms with Crippen LogP contribution in [0, 0.1) is 6.92 Å². The van der Waals surface area contributed by atoms with Crippen LogP contribution < -0.4 is 9.47 Å². The highest BCUT2D eigenvalue weighted by Crippen LogP contribution is 2.33. The van der Waals surface area contributed by atoms with Gasteiger partial charge in [0.25, 0.3) is 5.88 Å². The van der Waals surface area contributed by atoms with Crippen molar-refractivity contribution in [3.8, 4) is 11.6 Å². The summed E-state index contributed by atoms with van der Waals surface area (Å²) in [5, 5.41) is 8.81. The number of pyridine rings is 1. The number of carboxylic acids is 1. The summed E-state index contributed by atoms with van der Waals surface area (Å²) in [4.78, 5) is 14.7. The lowest BCUT2D eigenvalue weighted by Gasteiger charge is -2.01. The number of carbonyl (C=O) groups is 1. The van der Waals surface area contributed by atoms with Crippen LogP contribution in [0.2, 0.25) is 0 Å². The van der Waals surface area contributed by atoms with Gasteiger partial charge in [-0.25, -0.2) is 9.78 Å². The quantitative estimate of drug-likeness (QED) is 0.694. The molecule has 0 unspecified atom stereocenters. The van der Waals surface area contributed by atoms with E-state index in [2.05, 4.69) is 4.98 Å². The van der Waals surface area contributed by atoms with Gasteiger partial charge in [-0.15, -0.1) is 0 Å². The average molecular weight is 181 g/mol. The number of nitrogens with zero attached hydrogens (tertiary/aromatic N) is 1. The van der Waals surface area contributed by atoms with E-state index in [1.807, 2.05) is 0 Å². The van der Waals surface area contributed by atoms with Crippen LogP contribution in [0.5, 0.6) is 11.6 Å². The molecule has 1 N–H and O–H groups in total. The van der Waals surface area contributed by atoms with E-state index in [0.717, 1.165) is 0 Å². The van der Waals surface area contributed by atoms with Gasteiger partial charge in [0.15, 0.2) is 5.75 Å². The van der Waals surface area contributed by atoms with Crippen molar-refractivity contribution < 1.29 is 19.4 Å². The van der Waals surface area contributed by atoms with Crippen LogP contribution in [-0.2, 0) is 0 Å². The molecule has 68 valence electrons. The third-order valence-electron chi connectivity index (χ3n) is 1.70. The normalized spacial score (nSPS) is 13.0. The van der Waals surface area contributed by atoms with Crippen LogP contribution in [0.4, 0.5) is 0 Å². The van der Waals surface area contributed by atoms with Crippen molar-refractivity contribution in [1.29, 1.82) is 0 Å². The number of hydrogen-bond acceptors (Lipinski definition) is 4. The molecule has 0 amide bonds. The summed E-state index contributed by atoms with van der Waals surface area (Å²) in [7, 11) is 0. The largest absolute Gasteiger partial charge is 0.478 e. The predicted octanol–water partition coefficient (Wildman–Crippen LogP) is 0.817. The van der Waals surface area contributed by atoms with Crippen molar-refractivity contribution in [2.24, 2.45) is 0 Å². The second kappa shape index (κ2) is 2.62. The Morgan fingerprint density at radius 2 is 2.38 bits per heavy atom. The first-order valence-corrected chi connectivity index (χ1v) is 3.69. The van der Waals surface area contributed by atoms with Crippen molar-refractivity contribution in [3.63, 3.8) is 0 Å². The maximum atomic E-state index is 10.7. The predicted molar refractivity (Wildman–Crippen MR) is 42.1 cm³/mol. The summed E-state index contributed by atoms with van der Waals surface area (Å²) < 4.78 is 9.95. The fraction of sp³-hybridized carbons (Fsp3) is 0.250. The van der Waals surface area contributed by atoms with Gasteiger partial charge in [-0.3, -0.25) is 0 Å². The number of aryl methyl sites for hydroxylation is 1. The van der Waals surface area contributed by atoms with Crippen LogP contribution in [0.15, 0.2) is 6.07 Å². The Hall–Kier alpha value is -1.78. The molecule has 5 heteroatoms. The minimum atomic E-state index is -1.03. The van der Waals surface area contributed by atoms with E-state index in [1.54, 1.807) is 6.92 Å². The Kier molecular flexibility index (Phi) is 1.58. The monoisotopic (exact) mass is 181 g/mol. The molecule has 0 fully saturated rings. The standard InChI is InChI=1S/C8H7NO4/c1-4-2-5(8(10)11)6-7(9-4)13-3-12-6/h2H,3H2,1H3,(H,10,11). The second-order valence-electron chi connectivity index (χ2n) is 2.66. The molecule has 2 heterocycles. The summed E-state index contributed by atoms with van der Waals surface area (Å²) in [6, 6.07) is 1.45. The van der Waals surface area contributed by atoms with Crippen molar-refractivity contribution in [1.82, 2.24) is 4.98 Å². The van der Waals surface area contributed by atoms with Crippen molar-refractivity contribution in [2.45, 2.75) is 6.92 Å². The molecule has 13 heavy (non-hydrogen) atoms. The zero-order valence-corrected chi connectivity index (χ0v) is 6.90. The zero-order valence-electron chi connectivity index (χ0n) is 6.90. The number of fused-ring (bicyclic) bond motifs is 1. The smallest absolute Gasteiger partial charge is 0.339 e. The van der Waals surface area contributed by atoms with E-state index in [-0.39, 0.29) is 24.0 Å². The molecule has 0 spiro atoms. The van der Waals surface area contributed by atoms with Gasteiger partial charge in [-0.2, -0.15) is 0 Å². The van der Waals surface area contributed by atoms with E-state index < -0.39 is 5.97 Å². The Bertz CT molecular complexity index is 375. The molecule has 0 atom stereocenters. The minimum absolute atomic E-state index is 0.0338. The molecule has 0 radical (unpaired) electrons. The van der Waals surface area contributed by atoms with Crippen LogP contribution >= 0.6 is 0 Å². The maximum Gasteiger partial charge on any atom is 0.339 e. The first-order valence-electron chi connectivity index (χ1n) is 3.69. The van der Waals surface area contributed by atoms with E-state index >= 15 is 0 Å². The molecule has 1 aliphatic heterocycles. The molecular weight excluding hydrogens is 174 g/mol. The van der Waals surface area contributed by atoms with Gasteiger partial charge >= 0.3 is 5.97 Å². The molecule has 0 saturated carbocycles. The van der Waals surface area contributed by atoms with Gasteiger partial charge in [0.1, 0.15) is 5.56 Å². The summed E-state index contributed by atoms with van der Waals surface area (Å²) in [5.74, 6) is -0.553. The highest BCUT2D eigenvalue weighted by Gasteiger charge is 2.23. The van der Waals surface area contributed by atoms with Crippen LogP contribution in [0.25, 0.3) is 0 Å². The average Bonchev–Trinajstić information content (AvgIpc) is 2.49. The van der Waals surface area contributed by atoms with Crippen LogP contribution in [0.3, 0.4) is 0 Å². The van der Waals surface area contributed by atoms with Crippen LogP contribution in [-0.4, -0.2) is 22.9 Å². The zero-order chi connectivity index (χ0) is 9.42. The molecule has 1 aromatic heterocycles. The fourth-order valence-corrected chi connectivity index (χ4v) is 1.17. The lowest BCUT2D eigenvalue weighted by Crippen LogP contribution is -2.00. The fourth-order valence-electron chi connectivity index (χ4n) is 1.17. The third-order valence-corrected chi connectivity index (χ3v) is 1.70. The summed E-state index contributed by atoms with van der Waals surface area (Å²) >= 11 is 0. The minimum Gasteiger partial charge on any atom is -0.478 e. The topological polar surface area (TPSA) is 68.7 Å². The van der Waals surface area contributed by atoms with Crippen LogP contribution in [0.1, 0.15) is 16.1 Å². The van der Waals surface area contributed by atoms with Gasteiger partial charge in [-0.1, -0.05) is 0 Å². The molecule has 1 aliphatic rings. The Balaban J connectivity index is 2.62. The Labute approximate surface area is 73.9 Å². The first kappa shape index (κ1) is 7.85. The molecular formula is C8H7NO4. The van der Waals surface area contributed by atoms with Gasteiger partial charge in [0, 0.05) is 5.69 Å². The molecule has 5 nitrogen and oxygen atoms in total. The van der Waals surface area contributed by atoms with Crippen molar-refractivity contribution in [2.75, 3.05) is 6.79 Å². The van der Waals surface area contributed by atoms with Crippen molar-refractivity contribution in [3.05, 3.63) is 17.3 Å². The van der Waals surface area contributed by atoms with Gasteiger partial charge in [-0.05, 0) is 13.0 Å². The van der Waals surface area contributed by atoms with Gasteiger partial charge < -0.3 is 14.6 Å². The molecule has 0 bridgehead atoms. The summed E-state index contributed by atoms with van der Waals surface area (Å²) in [6.45, 7) is 1.74. The maximum absolute atomic E-state index is 10.7.